The number of benzene rings is 1. The lowest BCUT2D eigenvalue weighted by Gasteiger charge is -2.35. The van der Waals surface area contributed by atoms with Gasteiger partial charge in [0.1, 0.15) is 6.33 Å². The molecule has 23 heavy (non-hydrogen) atoms. The van der Waals surface area contributed by atoms with E-state index in [1.807, 2.05) is 18.7 Å². The first kappa shape index (κ1) is 14.1. The molecule has 1 aromatic carbocycles. The maximum Gasteiger partial charge on any atom is 0.155 e. The van der Waals surface area contributed by atoms with Crippen molar-refractivity contribution in [1.29, 1.82) is 0 Å². The predicted molar refractivity (Wildman–Crippen MR) is 85.7 cm³/mol. The van der Waals surface area contributed by atoms with Crippen molar-refractivity contribution < 1.29 is 5.11 Å². The molecule has 2 heterocycles. The van der Waals surface area contributed by atoms with Crippen LogP contribution in [0.25, 0.3) is 11.4 Å². The molecule has 0 radical (unpaired) electrons. The van der Waals surface area contributed by atoms with Crippen LogP contribution in [0, 0.1) is 0 Å². The average molecular weight is 309 g/mol. The van der Waals surface area contributed by atoms with E-state index in [-0.39, 0.29) is 12.0 Å². The van der Waals surface area contributed by atoms with Crippen molar-refractivity contribution in [2.24, 2.45) is 0 Å². The second kappa shape index (κ2) is 5.96. The Morgan fingerprint density at radius 1 is 1.17 bits per heavy atom. The molecule has 0 amide bonds. The third kappa shape index (κ3) is 2.77. The summed E-state index contributed by atoms with van der Waals surface area (Å²) in [5, 5.41) is 16.9. The molecule has 1 unspecified atom stereocenters. The Balaban J connectivity index is 1.63. The number of aliphatic hydroxyl groups is 1. The lowest BCUT2D eigenvalue weighted by molar-refractivity contribution is 0.0960. The number of imidazole rings is 1. The summed E-state index contributed by atoms with van der Waals surface area (Å²) in [6.07, 6.45) is 9.57. The van der Waals surface area contributed by atoms with E-state index in [0.29, 0.717) is 6.04 Å². The number of aliphatic hydroxyl groups excluding tert-OH is 1. The monoisotopic (exact) mass is 309 g/mol. The molecular formula is C17H19N5O. The quantitative estimate of drug-likeness (QED) is 0.779. The van der Waals surface area contributed by atoms with Gasteiger partial charge in [-0.3, -0.25) is 5.10 Å². The first-order valence-electron chi connectivity index (χ1n) is 7.92. The van der Waals surface area contributed by atoms with Gasteiger partial charge in [0.15, 0.2) is 5.82 Å². The summed E-state index contributed by atoms with van der Waals surface area (Å²) in [5.74, 6) is 1.06. The third-order valence-electron chi connectivity index (χ3n) is 4.72. The van der Waals surface area contributed by atoms with E-state index in [9.17, 15) is 5.11 Å². The van der Waals surface area contributed by atoms with Crippen LogP contribution in [0.15, 0.2) is 49.3 Å². The molecule has 1 aliphatic rings. The summed E-state index contributed by atoms with van der Waals surface area (Å²) < 4.78 is 2.17. The molecule has 0 spiro atoms. The number of nitrogens with one attached hydrogen (secondary N) is 1. The van der Waals surface area contributed by atoms with Crippen molar-refractivity contribution in [2.75, 3.05) is 0 Å². The van der Waals surface area contributed by atoms with Crippen LogP contribution in [-0.4, -0.2) is 35.9 Å². The fraction of sp³-hybridized carbons (Fsp3) is 0.353. The van der Waals surface area contributed by atoms with Crippen molar-refractivity contribution in [2.45, 2.75) is 37.3 Å². The summed E-state index contributed by atoms with van der Waals surface area (Å²) >= 11 is 0. The zero-order valence-corrected chi connectivity index (χ0v) is 12.7. The first-order chi connectivity index (χ1) is 11.3. The van der Waals surface area contributed by atoms with Gasteiger partial charge in [-0.25, -0.2) is 9.97 Å². The van der Waals surface area contributed by atoms with Crippen LogP contribution < -0.4 is 0 Å². The van der Waals surface area contributed by atoms with Gasteiger partial charge in [-0.2, -0.15) is 5.10 Å². The summed E-state index contributed by atoms with van der Waals surface area (Å²) in [5.41, 5.74) is 2.26. The Labute approximate surface area is 134 Å². The van der Waals surface area contributed by atoms with Gasteiger partial charge < -0.3 is 9.67 Å². The number of hydrogen-bond donors (Lipinski definition) is 2. The average Bonchev–Trinajstić information content (AvgIpc) is 3.29. The van der Waals surface area contributed by atoms with Crippen molar-refractivity contribution in [3.05, 3.63) is 54.9 Å². The smallest absolute Gasteiger partial charge is 0.155 e. The minimum absolute atomic E-state index is 0.228. The fourth-order valence-corrected chi connectivity index (χ4v) is 3.55. The van der Waals surface area contributed by atoms with Gasteiger partial charge in [-0.15, -0.1) is 0 Å². The molecule has 1 saturated carbocycles. The first-order valence-corrected chi connectivity index (χ1v) is 7.92. The van der Waals surface area contributed by atoms with Crippen LogP contribution in [0.1, 0.15) is 36.8 Å². The molecule has 6 nitrogen and oxygen atoms in total. The molecule has 3 atom stereocenters. The number of hydrogen-bond acceptors (Lipinski definition) is 4. The van der Waals surface area contributed by atoms with E-state index in [4.69, 9.17) is 0 Å². The summed E-state index contributed by atoms with van der Waals surface area (Å²) in [6.45, 7) is 0. The van der Waals surface area contributed by atoms with Crippen LogP contribution in [0.2, 0.25) is 0 Å². The van der Waals surface area contributed by atoms with Crippen molar-refractivity contribution >= 4 is 0 Å². The topological polar surface area (TPSA) is 79.6 Å². The van der Waals surface area contributed by atoms with Gasteiger partial charge in [0.2, 0.25) is 0 Å². The van der Waals surface area contributed by atoms with Gasteiger partial charge in [-0.05, 0) is 24.8 Å². The van der Waals surface area contributed by atoms with E-state index >= 15 is 0 Å². The number of rotatable bonds is 3. The second-order valence-electron chi connectivity index (χ2n) is 6.11. The van der Waals surface area contributed by atoms with Crippen LogP contribution >= 0.6 is 0 Å². The molecule has 0 aliphatic heterocycles. The van der Waals surface area contributed by atoms with Crippen LogP contribution in [0.5, 0.6) is 0 Å². The highest BCUT2D eigenvalue weighted by Crippen LogP contribution is 2.41. The van der Waals surface area contributed by atoms with Gasteiger partial charge in [-0.1, -0.05) is 24.3 Å². The molecule has 4 rings (SSSR count). The molecule has 3 aromatic rings. The van der Waals surface area contributed by atoms with E-state index in [0.717, 1.165) is 30.7 Å². The lowest BCUT2D eigenvalue weighted by Crippen LogP contribution is -2.28. The molecular weight excluding hydrogens is 290 g/mol. The van der Waals surface area contributed by atoms with Crippen LogP contribution in [-0.2, 0) is 0 Å². The maximum atomic E-state index is 10.1. The highest BCUT2D eigenvalue weighted by atomic mass is 16.3. The lowest BCUT2D eigenvalue weighted by atomic mass is 9.78. The predicted octanol–water partition coefficient (Wildman–Crippen LogP) is 2.54. The molecule has 1 fully saturated rings. The minimum atomic E-state index is -0.228. The standard InChI is InChI=1S/C17H19N5O/c23-14-5-6-16(22-8-7-18-11-22)15(9-14)12-1-3-13(4-2-12)17-19-10-20-21-17/h1-4,7-8,10-11,14-16,23H,5-6,9H2,(H,19,20,21)/t14-,15?,16-/m1/s1. The second-order valence-corrected chi connectivity index (χ2v) is 6.11. The van der Waals surface area contributed by atoms with Gasteiger partial charge in [0, 0.05) is 29.9 Å². The van der Waals surface area contributed by atoms with Crippen molar-refractivity contribution in [3.8, 4) is 11.4 Å². The number of aromatic nitrogens is 5. The third-order valence-corrected chi connectivity index (χ3v) is 4.72. The van der Waals surface area contributed by atoms with Gasteiger partial charge in [0.25, 0.3) is 0 Å². The normalized spacial score (nSPS) is 24.7. The largest absolute Gasteiger partial charge is 0.393 e. The number of nitrogens with zero attached hydrogens (tertiary/aromatic N) is 4. The van der Waals surface area contributed by atoms with Crippen LogP contribution in [0.3, 0.4) is 0 Å². The van der Waals surface area contributed by atoms with E-state index in [1.54, 1.807) is 0 Å². The number of aromatic amines is 1. The van der Waals surface area contributed by atoms with Gasteiger partial charge >= 0.3 is 0 Å². The molecule has 0 bridgehead atoms. The Morgan fingerprint density at radius 2 is 2.04 bits per heavy atom. The van der Waals surface area contributed by atoms with Gasteiger partial charge in [0.05, 0.1) is 12.4 Å². The summed E-state index contributed by atoms with van der Waals surface area (Å²) in [7, 11) is 0. The van der Waals surface area contributed by atoms with E-state index in [1.165, 1.54) is 11.9 Å². The zero-order valence-electron chi connectivity index (χ0n) is 12.7. The molecule has 2 aromatic heterocycles. The maximum absolute atomic E-state index is 10.1. The minimum Gasteiger partial charge on any atom is -0.393 e. The molecule has 1 aliphatic carbocycles. The SMILES string of the molecule is O[C@@H]1CC[C@@H](n2ccnc2)C(c2ccc(-c3ncn[nH]3)cc2)C1. The highest BCUT2D eigenvalue weighted by Gasteiger charge is 2.31. The van der Waals surface area contributed by atoms with E-state index < -0.39 is 0 Å². The Hall–Kier alpha value is -2.47. The zero-order chi connectivity index (χ0) is 15.6. The van der Waals surface area contributed by atoms with E-state index in [2.05, 4.69) is 49.0 Å². The number of H-pyrrole nitrogens is 1. The summed E-state index contributed by atoms with van der Waals surface area (Å²) in [4.78, 5) is 8.35. The van der Waals surface area contributed by atoms with Crippen LogP contribution in [0.4, 0.5) is 0 Å². The fourth-order valence-electron chi connectivity index (χ4n) is 3.55. The van der Waals surface area contributed by atoms with Crippen molar-refractivity contribution in [3.63, 3.8) is 0 Å². The Morgan fingerprint density at radius 3 is 2.74 bits per heavy atom. The summed E-state index contributed by atoms with van der Waals surface area (Å²) in [6, 6.07) is 8.72. The molecule has 6 heteroatoms. The molecule has 118 valence electrons. The Bertz CT molecular complexity index is 736. The molecule has 2 N–H and O–H groups in total. The highest BCUT2D eigenvalue weighted by molar-refractivity contribution is 5.54. The molecule has 0 saturated heterocycles. The van der Waals surface area contributed by atoms with Crippen molar-refractivity contribution in [1.82, 2.24) is 24.7 Å². The Kier molecular flexibility index (Phi) is 3.67.